The normalized spacial score (nSPS) is 12.7. The highest BCUT2D eigenvalue weighted by atomic mass is 15.0. The molecule has 3 heteroatoms. The van der Waals surface area contributed by atoms with Crippen molar-refractivity contribution in [3.8, 4) is 89.8 Å². The summed E-state index contributed by atoms with van der Waals surface area (Å²) in [6, 6.07) is 85.6. The molecule has 11 aromatic rings. The van der Waals surface area contributed by atoms with Gasteiger partial charge in [-0.2, -0.15) is 0 Å². The van der Waals surface area contributed by atoms with E-state index in [1.54, 1.807) is 0 Å². The van der Waals surface area contributed by atoms with Crippen molar-refractivity contribution < 1.29 is 0 Å². The third kappa shape index (κ3) is 5.79. The number of nitrogens with zero attached hydrogens (tertiary/aromatic N) is 3. The zero-order valence-corrected chi connectivity index (χ0v) is 35.4. The fourth-order valence-corrected chi connectivity index (χ4v) is 10.7. The highest BCUT2D eigenvalue weighted by Gasteiger charge is 2.51. The Morgan fingerprint density at radius 3 is 1.26 bits per heavy atom. The summed E-state index contributed by atoms with van der Waals surface area (Å²) in [7, 11) is 0. The van der Waals surface area contributed by atoms with Gasteiger partial charge in [-0.05, 0) is 113 Å². The van der Waals surface area contributed by atoms with Gasteiger partial charge >= 0.3 is 0 Å². The number of rotatable bonds is 6. The maximum absolute atomic E-state index is 5.06. The fourth-order valence-electron chi connectivity index (χ4n) is 10.7. The van der Waals surface area contributed by atoms with Crippen LogP contribution in [0, 0.1) is 0 Å². The van der Waals surface area contributed by atoms with E-state index in [0.717, 1.165) is 33.4 Å². The summed E-state index contributed by atoms with van der Waals surface area (Å²) >= 11 is 0. The Hall–Kier alpha value is -8.53. The highest BCUT2D eigenvalue weighted by Crippen LogP contribution is 2.63. The van der Waals surface area contributed by atoms with Crippen LogP contribution in [0.15, 0.2) is 237 Å². The standard InChI is InChI=1S/C62H39N3/c1-3-19-41(20-4-1)59-63-60(42-21-5-2-6-22-42)65-61(64-59)46-27-16-25-44(37-46)43-24-15-26-45(36-43)52-39-58-54(38-53(52)48-32-17-23-40-18-7-8-28-47(40)48)51-31-11-14-35-57(51)62(58)55-33-12-9-29-49(55)50-30-10-13-34-56(50)62/h1-39H. The molecule has 0 saturated carbocycles. The van der Waals surface area contributed by atoms with Gasteiger partial charge < -0.3 is 0 Å². The molecule has 0 amide bonds. The van der Waals surface area contributed by atoms with Gasteiger partial charge in [-0.1, -0.05) is 212 Å². The van der Waals surface area contributed by atoms with Crippen molar-refractivity contribution >= 4 is 10.8 Å². The van der Waals surface area contributed by atoms with E-state index >= 15 is 0 Å². The molecule has 1 spiro atoms. The van der Waals surface area contributed by atoms with E-state index in [9.17, 15) is 0 Å². The molecular formula is C62H39N3. The van der Waals surface area contributed by atoms with Crippen molar-refractivity contribution in [3.05, 3.63) is 259 Å². The molecule has 302 valence electrons. The van der Waals surface area contributed by atoms with Crippen LogP contribution in [-0.4, -0.2) is 15.0 Å². The molecule has 0 bridgehead atoms. The molecule has 0 radical (unpaired) electrons. The Morgan fingerprint density at radius 2 is 0.646 bits per heavy atom. The highest BCUT2D eigenvalue weighted by molar-refractivity contribution is 6.04. The topological polar surface area (TPSA) is 38.7 Å². The molecule has 0 aliphatic heterocycles. The minimum Gasteiger partial charge on any atom is -0.208 e. The third-order valence-corrected chi connectivity index (χ3v) is 13.5. The lowest BCUT2D eigenvalue weighted by atomic mass is 9.70. The van der Waals surface area contributed by atoms with E-state index in [0.29, 0.717) is 17.5 Å². The summed E-state index contributed by atoms with van der Waals surface area (Å²) in [5.41, 5.74) is 19.9. The summed E-state index contributed by atoms with van der Waals surface area (Å²) < 4.78 is 0. The molecule has 2 aliphatic carbocycles. The number of aromatic nitrogens is 3. The van der Waals surface area contributed by atoms with Crippen LogP contribution in [0.25, 0.3) is 101 Å². The van der Waals surface area contributed by atoms with E-state index in [2.05, 4.69) is 176 Å². The van der Waals surface area contributed by atoms with E-state index < -0.39 is 5.41 Å². The first-order valence-electron chi connectivity index (χ1n) is 22.3. The molecule has 0 unspecified atom stereocenters. The Morgan fingerprint density at radius 1 is 0.231 bits per heavy atom. The second-order valence-corrected chi connectivity index (χ2v) is 17.1. The van der Waals surface area contributed by atoms with Gasteiger partial charge in [0, 0.05) is 16.7 Å². The average molecular weight is 826 g/mol. The Kier molecular flexibility index (Phi) is 8.44. The van der Waals surface area contributed by atoms with Gasteiger partial charge in [-0.25, -0.2) is 15.0 Å². The molecular weight excluding hydrogens is 787 g/mol. The van der Waals surface area contributed by atoms with Gasteiger partial charge in [0.1, 0.15) is 0 Å². The lowest BCUT2D eigenvalue weighted by Gasteiger charge is -2.31. The first-order chi connectivity index (χ1) is 32.2. The van der Waals surface area contributed by atoms with Crippen LogP contribution in [-0.2, 0) is 5.41 Å². The summed E-state index contributed by atoms with van der Waals surface area (Å²) in [6.45, 7) is 0. The largest absolute Gasteiger partial charge is 0.208 e. The van der Waals surface area contributed by atoms with Gasteiger partial charge in [0.15, 0.2) is 17.5 Å². The van der Waals surface area contributed by atoms with Crippen LogP contribution >= 0.6 is 0 Å². The summed E-state index contributed by atoms with van der Waals surface area (Å²) in [5.74, 6) is 1.92. The second kappa shape index (κ2) is 14.8. The van der Waals surface area contributed by atoms with Crippen LogP contribution in [0.3, 0.4) is 0 Å². The van der Waals surface area contributed by atoms with Gasteiger partial charge in [-0.15, -0.1) is 0 Å². The van der Waals surface area contributed by atoms with Crippen LogP contribution in [0.4, 0.5) is 0 Å². The van der Waals surface area contributed by atoms with E-state index in [-0.39, 0.29) is 0 Å². The first kappa shape index (κ1) is 37.1. The maximum Gasteiger partial charge on any atom is 0.164 e. The molecule has 1 heterocycles. The fraction of sp³-hybridized carbons (Fsp3) is 0.0161. The molecule has 0 atom stereocenters. The van der Waals surface area contributed by atoms with Gasteiger partial charge in [0.2, 0.25) is 0 Å². The number of fused-ring (bicyclic) bond motifs is 11. The van der Waals surface area contributed by atoms with Crippen molar-refractivity contribution in [2.45, 2.75) is 5.41 Å². The molecule has 1 aromatic heterocycles. The molecule has 10 aromatic carbocycles. The van der Waals surface area contributed by atoms with Crippen LogP contribution in [0.2, 0.25) is 0 Å². The molecule has 65 heavy (non-hydrogen) atoms. The van der Waals surface area contributed by atoms with E-state index in [4.69, 9.17) is 15.0 Å². The van der Waals surface area contributed by atoms with Crippen molar-refractivity contribution in [1.29, 1.82) is 0 Å². The van der Waals surface area contributed by atoms with Gasteiger partial charge in [0.25, 0.3) is 0 Å². The van der Waals surface area contributed by atoms with Gasteiger partial charge in [-0.3, -0.25) is 0 Å². The summed E-state index contributed by atoms with van der Waals surface area (Å²) in [5, 5.41) is 2.46. The Labute approximate surface area is 378 Å². The van der Waals surface area contributed by atoms with Crippen molar-refractivity contribution in [1.82, 2.24) is 15.0 Å². The maximum atomic E-state index is 5.06. The Balaban J connectivity index is 1.02. The summed E-state index contributed by atoms with van der Waals surface area (Å²) in [6.07, 6.45) is 0. The minimum absolute atomic E-state index is 0.459. The van der Waals surface area contributed by atoms with Crippen LogP contribution < -0.4 is 0 Å². The van der Waals surface area contributed by atoms with E-state index in [1.807, 2.05) is 60.7 Å². The molecule has 3 nitrogen and oxygen atoms in total. The number of hydrogen-bond acceptors (Lipinski definition) is 3. The lowest BCUT2D eigenvalue weighted by Crippen LogP contribution is -2.25. The molecule has 0 N–H and O–H groups in total. The van der Waals surface area contributed by atoms with Gasteiger partial charge in [0.05, 0.1) is 5.41 Å². The van der Waals surface area contributed by atoms with Crippen LogP contribution in [0.1, 0.15) is 22.3 Å². The smallest absolute Gasteiger partial charge is 0.164 e. The predicted molar refractivity (Wildman–Crippen MR) is 266 cm³/mol. The monoisotopic (exact) mass is 825 g/mol. The van der Waals surface area contributed by atoms with E-state index in [1.165, 1.54) is 72.0 Å². The SMILES string of the molecule is c1ccc(-c2nc(-c3ccccc3)nc(-c3cccc(-c4cccc(-c5cc6c(cc5-c5cccc7ccccc57)-c5ccccc5C65c6ccccc6-c6ccccc65)c4)c3)n2)cc1. The zero-order chi connectivity index (χ0) is 42.9. The number of benzene rings is 10. The Bertz CT molecular complexity index is 3560. The number of hydrogen-bond donors (Lipinski definition) is 0. The second-order valence-electron chi connectivity index (χ2n) is 17.1. The predicted octanol–water partition coefficient (Wildman–Crippen LogP) is 15.4. The molecule has 0 saturated heterocycles. The zero-order valence-electron chi connectivity index (χ0n) is 35.4. The minimum atomic E-state index is -0.459. The van der Waals surface area contributed by atoms with Crippen molar-refractivity contribution in [3.63, 3.8) is 0 Å². The third-order valence-electron chi connectivity index (χ3n) is 13.5. The summed E-state index contributed by atoms with van der Waals surface area (Å²) in [4.78, 5) is 15.1. The lowest BCUT2D eigenvalue weighted by molar-refractivity contribution is 0.794. The molecule has 2 aliphatic rings. The quantitative estimate of drug-likeness (QED) is 0.168. The first-order valence-corrected chi connectivity index (χ1v) is 22.3. The van der Waals surface area contributed by atoms with Crippen molar-refractivity contribution in [2.75, 3.05) is 0 Å². The van der Waals surface area contributed by atoms with Crippen molar-refractivity contribution in [2.24, 2.45) is 0 Å². The molecule has 13 rings (SSSR count). The molecule has 0 fully saturated rings. The average Bonchev–Trinajstić information content (AvgIpc) is 3.85. The van der Waals surface area contributed by atoms with Crippen LogP contribution in [0.5, 0.6) is 0 Å².